The standard InChI is InChI=1S/C14H27N3O3S/c1-12(18)17-11-4-7-14(17)13-6-3-9-16(13)10-5-8-15-21(2,19)20/h13-15H,3-11H2,1-2H3/t13-,14-/m1/s1. The van der Waals surface area contributed by atoms with Gasteiger partial charge in [0, 0.05) is 32.1 Å². The number of amides is 1. The maximum Gasteiger partial charge on any atom is 0.219 e. The molecule has 0 aliphatic carbocycles. The van der Waals surface area contributed by atoms with E-state index in [9.17, 15) is 13.2 Å². The molecule has 1 N–H and O–H groups in total. The van der Waals surface area contributed by atoms with Crippen molar-refractivity contribution in [3.05, 3.63) is 0 Å². The van der Waals surface area contributed by atoms with E-state index in [-0.39, 0.29) is 5.91 Å². The van der Waals surface area contributed by atoms with Crippen LogP contribution in [0.25, 0.3) is 0 Å². The number of rotatable bonds is 6. The van der Waals surface area contributed by atoms with Gasteiger partial charge in [-0.15, -0.1) is 0 Å². The van der Waals surface area contributed by atoms with E-state index in [2.05, 4.69) is 9.62 Å². The highest BCUT2D eigenvalue weighted by molar-refractivity contribution is 7.88. The Kier molecular flexibility index (Phi) is 5.62. The quantitative estimate of drug-likeness (QED) is 0.720. The van der Waals surface area contributed by atoms with Gasteiger partial charge in [-0.3, -0.25) is 9.69 Å². The minimum atomic E-state index is -3.09. The highest BCUT2D eigenvalue weighted by atomic mass is 32.2. The monoisotopic (exact) mass is 317 g/mol. The number of carbonyl (C=O) groups is 1. The zero-order valence-electron chi connectivity index (χ0n) is 13.0. The summed E-state index contributed by atoms with van der Waals surface area (Å²) in [6.07, 6.45) is 6.53. The molecule has 0 aromatic rings. The summed E-state index contributed by atoms with van der Waals surface area (Å²) in [5.41, 5.74) is 0. The third kappa shape index (κ3) is 4.66. The first-order valence-corrected chi connectivity index (χ1v) is 9.73. The second kappa shape index (κ2) is 7.07. The summed E-state index contributed by atoms with van der Waals surface area (Å²) in [4.78, 5) is 16.2. The van der Waals surface area contributed by atoms with Crippen molar-refractivity contribution in [1.29, 1.82) is 0 Å². The molecule has 21 heavy (non-hydrogen) atoms. The van der Waals surface area contributed by atoms with Crippen molar-refractivity contribution in [2.24, 2.45) is 0 Å². The molecule has 0 aromatic heterocycles. The number of nitrogens with zero attached hydrogens (tertiary/aromatic N) is 2. The summed E-state index contributed by atoms with van der Waals surface area (Å²) in [5.74, 6) is 0.183. The normalized spacial score (nSPS) is 27.4. The topological polar surface area (TPSA) is 69.7 Å². The van der Waals surface area contributed by atoms with Crippen LogP contribution in [0.3, 0.4) is 0 Å². The maximum atomic E-state index is 11.7. The smallest absolute Gasteiger partial charge is 0.219 e. The first-order valence-electron chi connectivity index (χ1n) is 7.84. The van der Waals surface area contributed by atoms with Gasteiger partial charge in [0.2, 0.25) is 15.9 Å². The molecule has 1 amide bonds. The van der Waals surface area contributed by atoms with E-state index in [0.29, 0.717) is 18.6 Å². The van der Waals surface area contributed by atoms with Crippen LogP contribution < -0.4 is 4.72 Å². The summed E-state index contributed by atoms with van der Waals surface area (Å²) in [7, 11) is -3.09. The number of hydrogen-bond acceptors (Lipinski definition) is 4. The molecule has 6 nitrogen and oxygen atoms in total. The van der Waals surface area contributed by atoms with Gasteiger partial charge in [-0.1, -0.05) is 0 Å². The number of likely N-dealkylation sites (tertiary alicyclic amines) is 2. The number of sulfonamides is 1. The second-order valence-electron chi connectivity index (χ2n) is 6.19. The Hall–Kier alpha value is -0.660. The van der Waals surface area contributed by atoms with E-state index >= 15 is 0 Å². The molecule has 2 rings (SSSR count). The summed E-state index contributed by atoms with van der Waals surface area (Å²) in [6, 6.07) is 0.808. The lowest BCUT2D eigenvalue weighted by Gasteiger charge is -2.34. The Morgan fingerprint density at radius 1 is 1.19 bits per heavy atom. The summed E-state index contributed by atoms with van der Waals surface area (Å²) in [6.45, 7) is 5.00. The molecule has 2 fully saturated rings. The third-order valence-corrected chi connectivity index (χ3v) is 5.28. The fourth-order valence-electron chi connectivity index (χ4n) is 3.69. The molecule has 7 heteroatoms. The van der Waals surface area contributed by atoms with Crippen LogP contribution in [0.5, 0.6) is 0 Å². The zero-order valence-corrected chi connectivity index (χ0v) is 13.9. The molecule has 122 valence electrons. The molecule has 0 bridgehead atoms. The lowest BCUT2D eigenvalue weighted by molar-refractivity contribution is -0.130. The Labute approximate surface area is 127 Å². The van der Waals surface area contributed by atoms with Gasteiger partial charge in [0.1, 0.15) is 0 Å². The number of hydrogen-bond donors (Lipinski definition) is 1. The fourth-order valence-corrected chi connectivity index (χ4v) is 4.20. The van der Waals surface area contributed by atoms with E-state index in [4.69, 9.17) is 0 Å². The van der Waals surface area contributed by atoms with Crippen molar-refractivity contribution >= 4 is 15.9 Å². The van der Waals surface area contributed by atoms with Crippen LogP contribution in [0, 0.1) is 0 Å². The molecule has 2 aliphatic rings. The Morgan fingerprint density at radius 2 is 1.86 bits per heavy atom. The molecule has 2 aliphatic heterocycles. The van der Waals surface area contributed by atoms with Gasteiger partial charge in [0.25, 0.3) is 0 Å². The minimum Gasteiger partial charge on any atom is -0.338 e. The molecule has 0 unspecified atom stereocenters. The van der Waals surface area contributed by atoms with E-state index < -0.39 is 10.0 Å². The van der Waals surface area contributed by atoms with Crippen molar-refractivity contribution in [1.82, 2.24) is 14.5 Å². The largest absolute Gasteiger partial charge is 0.338 e. The summed E-state index contributed by atoms with van der Waals surface area (Å²) in [5, 5.41) is 0. The second-order valence-corrected chi connectivity index (χ2v) is 8.02. The predicted octanol–water partition coefficient (Wildman–Crippen LogP) is 0.401. The lowest BCUT2D eigenvalue weighted by Crippen LogP contribution is -2.48. The molecule has 0 spiro atoms. The minimum absolute atomic E-state index is 0.183. The average molecular weight is 317 g/mol. The highest BCUT2D eigenvalue weighted by Gasteiger charge is 2.38. The first kappa shape index (κ1) is 16.7. The van der Waals surface area contributed by atoms with Crippen molar-refractivity contribution < 1.29 is 13.2 Å². The first-order chi connectivity index (χ1) is 9.88. The molecular weight excluding hydrogens is 290 g/mol. The van der Waals surface area contributed by atoms with Crippen molar-refractivity contribution in [3.8, 4) is 0 Å². The molecule has 2 saturated heterocycles. The van der Waals surface area contributed by atoms with Gasteiger partial charge in [0.15, 0.2) is 0 Å². The summed E-state index contributed by atoms with van der Waals surface area (Å²) < 4.78 is 24.6. The fraction of sp³-hybridized carbons (Fsp3) is 0.929. The van der Waals surface area contributed by atoms with Crippen LogP contribution in [-0.4, -0.2) is 68.6 Å². The average Bonchev–Trinajstić information content (AvgIpc) is 3.01. The van der Waals surface area contributed by atoms with E-state index in [0.717, 1.165) is 45.3 Å². The molecule has 2 atom stereocenters. The molecular formula is C14H27N3O3S. The van der Waals surface area contributed by atoms with Crippen LogP contribution in [-0.2, 0) is 14.8 Å². The Morgan fingerprint density at radius 3 is 2.52 bits per heavy atom. The Balaban J connectivity index is 1.84. The van der Waals surface area contributed by atoms with Crippen LogP contribution in [0.1, 0.15) is 39.0 Å². The van der Waals surface area contributed by atoms with Crippen molar-refractivity contribution in [3.63, 3.8) is 0 Å². The summed E-state index contributed by atoms with van der Waals surface area (Å²) >= 11 is 0. The molecule has 2 heterocycles. The van der Waals surface area contributed by atoms with Crippen LogP contribution >= 0.6 is 0 Å². The van der Waals surface area contributed by atoms with Crippen LogP contribution in [0.2, 0.25) is 0 Å². The van der Waals surface area contributed by atoms with Gasteiger partial charge in [-0.05, 0) is 45.2 Å². The van der Waals surface area contributed by atoms with E-state index in [1.807, 2.05) is 4.90 Å². The van der Waals surface area contributed by atoms with Gasteiger partial charge >= 0.3 is 0 Å². The van der Waals surface area contributed by atoms with Crippen LogP contribution in [0.15, 0.2) is 0 Å². The van der Waals surface area contributed by atoms with Gasteiger partial charge in [-0.2, -0.15) is 0 Å². The highest BCUT2D eigenvalue weighted by Crippen LogP contribution is 2.30. The number of nitrogens with one attached hydrogen (secondary N) is 1. The van der Waals surface area contributed by atoms with Gasteiger partial charge in [0.05, 0.1) is 6.26 Å². The van der Waals surface area contributed by atoms with Crippen LogP contribution in [0.4, 0.5) is 0 Å². The van der Waals surface area contributed by atoms with Crippen molar-refractivity contribution in [2.45, 2.75) is 51.1 Å². The van der Waals surface area contributed by atoms with Crippen molar-refractivity contribution in [2.75, 3.05) is 32.4 Å². The van der Waals surface area contributed by atoms with E-state index in [1.54, 1.807) is 6.92 Å². The molecule has 0 aromatic carbocycles. The zero-order chi connectivity index (χ0) is 15.5. The molecule has 0 saturated carbocycles. The Bertz CT molecular complexity index is 466. The SMILES string of the molecule is CC(=O)N1CCC[C@@H]1[C@H]1CCCN1CCCNS(C)(=O)=O. The lowest BCUT2D eigenvalue weighted by atomic mass is 10.0. The number of carbonyl (C=O) groups excluding carboxylic acids is 1. The predicted molar refractivity (Wildman–Crippen MR) is 82.5 cm³/mol. The molecule has 0 radical (unpaired) electrons. The van der Waals surface area contributed by atoms with E-state index in [1.165, 1.54) is 12.7 Å². The third-order valence-electron chi connectivity index (χ3n) is 4.55. The maximum absolute atomic E-state index is 11.7. The van der Waals surface area contributed by atoms with Gasteiger partial charge in [-0.25, -0.2) is 13.1 Å². The van der Waals surface area contributed by atoms with Gasteiger partial charge < -0.3 is 4.90 Å².